The Morgan fingerprint density at radius 3 is 2.33 bits per heavy atom. The van der Waals surface area contributed by atoms with Crippen molar-refractivity contribution in [3.8, 4) is 0 Å². The number of primary amides is 1. The number of aliphatic hydroxyl groups is 1. The van der Waals surface area contributed by atoms with Crippen LogP contribution in [0.25, 0.3) is 0 Å². The van der Waals surface area contributed by atoms with Gasteiger partial charge in [0, 0.05) is 12.2 Å². The van der Waals surface area contributed by atoms with Gasteiger partial charge < -0.3 is 10.8 Å². The molecule has 3 heteroatoms. The fraction of sp³-hybridized carbons (Fsp3) is 0.750. The molecule has 0 aromatic rings. The van der Waals surface area contributed by atoms with E-state index in [2.05, 4.69) is 6.92 Å². The summed E-state index contributed by atoms with van der Waals surface area (Å²) < 4.78 is 0. The van der Waals surface area contributed by atoms with Crippen LogP contribution in [0.15, 0.2) is 11.1 Å². The maximum atomic E-state index is 11.0. The maximum absolute atomic E-state index is 11.0. The average Bonchev–Trinajstić information content (AvgIpc) is 2.21. The zero-order valence-corrected chi connectivity index (χ0v) is 9.88. The molecule has 0 aliphatic rings. The molecule has 0 saturated carbocycles. The van der Waals surface area contributed by atoms with Gasteiger partial charge in [-0.25, -0.2) is 0 Å². The fourth-order valence-corrected chi connectivity index (χ4v) is 1.57. The van der Waals surface area contributed by atoms with Crippen LogP contribution in [0.2, 0.25) is 0 Å². The normalized spacial score (nSPS) is 12.5. The Bertz CT molecular complexity index is 222. The van der Waals surface area contributed by atoms with Gasteiger partial charge in [-0.1, -0.05) is 31.8 Å². The second kappa shape index (κ2) is 8.48. The van der Waals surface area contributed by atoms with E-state index in [9.17, 15) is 4.79 Å². The number of carbonyl (C=O) groups is 1. The highest BCUT2D eigenvalue weighted by atomic mass is 16.3. The van der Waals surface area contributed by atoms with Crippen LogP contribution < -0.4 is 5.73 Å². The number of carbonyl (C=O) groups excluding carboxylic acids is 1. The molecule has 0 aliphatic carbocycles. The molecule has 0 aromatic carbocycles. The van der Waals surface area contributed by atoms with E-state index >= 15 is 0 Å². The zero-order valence-electron chi connectivity index (χ0n) is 9.88. The summed E-state index contributed by atoms with van der Waals surface area (Å²) in [4.78, 5) is 11.0. The minimum atomic E-state index is -0.367. The van der Waals surface area contributed by atoms with Gasteiger partial charge in [0.05, 0.1) is 0 Å². The first kappa shape index (κ1) is 14.2. The van der Waals surface area contributed by atoms with E-state index in [-0.39, 0.29) is 12.5 Å². The monoisotopic (exact) mass is 213 g/mol. The Morgan fingerprint density at radius 1 is 1.20 bits per heavy atom. The molecule has 0 heterocycles. The minimum absolute atomic E-state index is 0.0910. The van der Waals surface area contributed by atoms with Crippen molar-refractivity contribution in [2.75, 3.05) is 6.61 Å². The highest BCUT2D eigenvalue weighted by Gasteiger charge is 2.06. The fourth-order valence-electron chi connectivity index (χ4n) is 1.57. The van der Waals surface area contributed by atoms with Crippen molar-refractivity contribution in [1.29, 1.82) is 0 Å². The quantitative estimate of drug-likeness (QED) is 0.479. The molecule has 0 unspecified atom stereocenters. The molecule has 0 bridgehead atoms. The van der Waals surface area contributed by atoms with Gasteiger partial charge in [0.1, 0.15) is 0 Å². The second-order valence-electron chi connectivity index (χ2n) is 3.88. The van der Waals surface area contributed by atoms with E-state index < -0.39 is 0 Å². The third kappa shape index (κ3) is 6.28. The molecule has 1 amide bonds. The van der Waals surface area contributed by atoms with Crippen LogP contribution in [0.1, 0.15) is 52.4 Å². The van der Waals surface area contributed by atoms with Gasteiger partial charge in [0.25, 0.3) is 0 Å². The van der Waals surface area contributed by atoms with Crippen LogP contribution in [-0.4, -0.2) is 17.6 Å². The molecule has 3 N–H and O–H groups in total. The Labute approximate surface area is 92.4 Å². The lowest BCUT2D eigenvalue weighted by Crippen LogP contribution is -2.14. The van der Waals surface area contributed by atoms with Crippen molar-refractivity contribution in [2.45, 2.75) is 52.4 Å². The van der Waals surface area contributed by atoms with Crippen molar-refractivity contribution in [2.24, 2.45) is 5.73 Å². The molecule has 0 rings (SSSR count). The summed E-state index contributed by atoms with van der Waals surface area (Å²) in [6.07, 6.45) is 6.14. The summed E-state index contributed by atoms with van der Waals surface area (Å²) >= 11 is 0. The van der Waals surface area contributed by atoms with Crippen molar-refractivity contribution < 1.29 is 9.90 Å². The molecule has 3 nitrogen and oxygen atoms in total. The Kier molecular flexibility index (Phi) is 8.01. The van der Waals surface area contributed by atoms with E-state index in [1.807, 2.05) is 0 Å². The number of amides is 1. The third-order valence-electron chi connectivity index (χ3n) is 2.65. The lowest BCUT2D eigenvalue weighted by atomic mass is 9.99. The first-order chi connectivity index (χ1) is 7.13. The van der Waals surface area contributed by atoms with Gasteiger partial charge in [0.15, 0.2) is 0 Å². The smallest absolute Gasteiger partial charge is 0.244 e. The minimum Gasteiger partial charge on any atom is -0.396 e. The molecule has 0 atom stereocenters. The van der Waals surface area contributed by atoms with Gasteiger partial charge in [-0.15, -0.1) is 0 Å². The van der Waals surface area contributed by atoms with E-state index in [0.717, 1.165) is 18.4 Å². The lowest BCUT2D eigenvalue weighted by molar-refractivity contribution is -0.114. The van der Waals surface area contributed by atoms with Gasteiger partial charge in [0.2, 0.25) is 5.91 Å². The van der Waals surface area contributed by atoms with Crippen LogP contribution in [0.5, 0.6) is 0 Å². The second-order valence-corrected chi connectivity index (χ2v) is 3.88. The van der Waals surface area contributed by atoms with Gasteiger partial charge >= 0.3 is 0 Å². The largest absolute Gasteiger partial charge is 0.396 e. The summed E-state index contributed by atoms with van der Waals surface area (Å²) in [5.41, 5.74) is 6.86. The summed E-state index contributed by atoms with van der Waals surface area (Å²) in [5.74, 6) is -0.367. The van der Waals surface area contributed by atoms with E-state index in [0.29, 0.717) is 12.0 Å². The number of unbranched alkanes of at least 4 members (excludes halogenated alkanes) is 3. The van der Waals surface area contributed by atoms with Crippen molar-refractivity contribution in [1.82, 2.24) is 0 Å². The van der Waals surface area contributed by atoms with Crippen LogP contribution >= 0.6 is 0 Å². The van der Waals surface area contributed by atoms with Gasteiger partial charge in [-0.05, 0) is 26.2 Å². The van der Waals surface area contributed by atoms with Gasteiger partial charge in [-0.3, -0.25) is 4.79 Å². The SMILES string of the molecule is CCCCCCC(CCO)=C(C)C(N)=O. The molecular weight excluding hydrogens is 190 g/mol. The van der Waals surface area contributed by atoms with Crippen molar-refractivity contribution in [3.05, 3.63) is 11.1 Å². The third-order valence-corrected chi connectivity index (χ3v) is 2.65. The Hall–Kier alpha value is -0.830. The standard InChI is InChI=1S/C12H23NO2/c1-3-4-5-6-7-11(8-9-14)10(2)12(13)15/h14H,3-9H2,1-2H3,(H2,13,15). The molecule has 0 fully saturated rings. The average molecular weight is 213 g/mol. The molecule has 0 saturated heterocycles. The molecule has 0 spiro atoms. The van der Waals surface area contributed by atoms with E-state index in [4.69, 9.17) is 10.8 Å². The summed E-state index contributed by atoms with van der Waals surface area (Å²) in [7, 11) is 0. The number of aliphatic hydroxyl groups excluding tert-OH is 1. The Morgan fingerprint density at radius 2 is 1.87 bits per heavy atom. The first-order valence-corrected chi connectivity index (χ1v) is 5.72. The van der Waals surface area contributed by atoms with Crippen LogP contribution in [-0.2, 0) is 4.79 Å². The molecule has 88 valence electrons. The number of hydrogen-bond donors (Lipinski definition) is 2. The first-order valence-electron chi connectivity index (χ1n) is 5.72. The van der Waals surface area contributed by atoms with Crippen molar-refractivity contribution >= 4 is 5.91 Å². The lowest BCUT2D eigenvalue weighted by Gasteiger charge is -2.08. The van der Waals surface area contributed by atoms with Crippen LogP contribution in [0.3, 0.4) is 0 Å². The Balaban J connectivity index is 4.15. The van der Waals surface area contributed by atoms with Crippen LogP contribution in [0.4, 0.5) is 0 Å². The maximum Gasteiger partial charge on any atom is 0.244 e. The zero-order chi connectivity index (χ0) is 11.7. The topological polar surface area (TPSA) is 63.3 Å². The summed E-state index contributed by atoms with van der Waals surface area (Å²) in [6.45, 7) is 4.00. The molecule has 0 radical (unpaired) electrons. The summed E-state index contributed by atoms with van der Waals surface area (Å²) in [6, 6.07) is 0. The molecule has 0 aliphatic heterocycles. The number of hydrogen-bond acceptors (Lipinski definition) is 2. The molecule has 0 aromatic heterocycles. The van der Waals surface area contributed by atoms with E-state index in [1.54, 1.807) is 6.92 Å². The van der Waals surface area contributed by atoms with E-state index in [1.165, 1.54) is 19.3 Å². The predicted molar refractivity (Wildman–Crippen MR) is 62.4 cm³/mol. The number of nitrogens with two attached hydrogens (primary N) is 1. The molecular formula is C12H23NO2. The summed E-state index contributed by atoms with van der Waals surface area (Å²) in [5, 5.41) is 8.88. The number of rotatable bonds is 8. The van der Waals surface area contributed by atoms with Gasteiger partial charge in [-0.2, -0.15) is 0 Å². The molecule has 15 heavy (non-hydrogen) atoms. The highest BCUT2D eigenvalue weighted by Crippen LogP contribution is 2.17. The van der Waals surface area contributed by atoms with Crippen molar-refractivity contribution in [3.63, 3.8) is 0 Å². The predicted octanol–water partition coefficient (Wildman–Crippen LogP) is 2.14. The van der Waals surface area contributed by atoms with Crippen LogP contribution in [0, 0.1) is 0 Å². The highest BCUT2D eigenvalue weighted by molar-refractivity contribution is 5.92.